The number of hydrogen-bond donors (Lipinski definition) is 0. The molecule has 4 nitrogen and oxygen atoms in total. The summed E-state index contributed by atoms with van der Waals surface area (Å²) in [6.07, 6.45) is 3.80. The first-order valence-corrected chi connectivity index (χ1v) is 4.79. The third kappa shape index (κ3) is 1.70. The van der Waals surface area contributed by atoms with Crippen LogP contribution in [0.5, 0.6) is 0 Å². The van der Waals surface area contributed by atoms with Gasteiger partial charge in [-0.1, -0.05) is 0 Å². The van der Waals surface area contributed by atoms with Crippen LogP contribution in [0.15, 0.2) is 17.0 Å². The van der Waals surface area contributed by atoms with Crippen molar-refractivity contribution in [3.8, 4) is 0 Å². The molecule has 0 N–H and O–H groups in total. The number of anilines is 1. The van der Waals surface area contributed by atoms with E-state index in [-0.39, 0.29) is 5.78 Å². The number of carbonyl (C=O) groups excluding carboxylic acids is 1. The predicted molar refractivity (Wildman–Crippen MR) is 51.6 cm³/mol. The van der Waals surface area contributed by atoms with E-state index in [0.29, 0.717) is 13.0 Å². The Hall–Kier alpha value is -0.970. The molecular weight excluding hydrogens is 234 g/mol. The smallest absolute Gasteiger partial charge is 0.153 e. The molecule has 0 radical (unpaired) electrons. The van der Waals surface area contributed by atoms with Crippen molar-refractivity contribution in [3.63, 3.8) is 0 Å². The summed E-state index contributed by atoms with van der Waals surface area (Å²) in [7, 11) is 0. The fourth-order valence-electron chi connectivity index (χ4n) is 1.35. The van der Waals surface area contributed by atoms with Crippen LogP contribution in [0.1, 0.15) is 6.42 Å². The summed E-state index contributed by atoms with van der Waals surface area (Å²) in [4.78, 5) is 21.0. The molecule has 1 aromatic rings. The molecule has 0 atom stereocenters. The fourth-order valence-corrected chi connectivity index (χ4v) is 1.82. The van der Waals surface area contributed by atoms with Gasteiger partial charge in [0.2, 0.25) is 0 Å². The van der Waals surface area contributed by atoms with E-state index in [0.717, 1.165) is 16.8 Å². The average Bonchev–Trinajstić information content (AvgIpc) is 2.53. The Morgan fingerprint density at radius 2 is 2.38 bits per heavy atom. The SMILES string of the molecule is O=C1CCN(c2ncncc2Br)C1. The maximum Gasteiger partial charge on any atom is 0.153 e. The van der Waals surface area contributed by atoms with E-state index in [2.05, 4.69) is 25.9 Å². The van der Waals surface area contributed by atoms with Gasteiger partial charge in [-0.05, 0) is 15.9 Å². The molecule has 0 saturated carbocycles. The Bertz CT molecular complexity index is 342. The highest BCUT2D eigenvalue weighted by Crippen LogP contribution is 2.24. The first-order valence-electron chi connectivity index (χ1n) is 3.99. The highest BCUT2D eigenvalue weighted by molar-refractivity contribution is 9.10. The number of carbonyl (C=O) groups is 1. The lowest BCUT2D eigenvalue weighted by molar-refractivity contribution is -0.116. The van der Waals surface area contributed by atoms with Crippen molar-refractivity contribution in [3.05, 3.63) is 17.0 Å². The second kappa shape index (κ2) is 3.41. The Labute approximate surface area is 84.1 Å². The summed E-state index contributed by atoms with van der Waals surface area (Å²) in [5.41, 5.74) is 0. The van der Waals surface area contributed by atoms with Crippen LogP contribution in [0.2, 0.25) is 0 Å². The largest absolute Gasteiger partial charge is 0.348 e. The van der Waals surface area contributed by atoms with E-state index < -0.39 is 0 Å². The molecule has 68 valence electrons. The van der Waals surface area contributed by atoms with Gasteiger partial charge >= 0.3 is 0 Å². The summed E-state index contributed by atoms with van der Waals surface area (Å²) in [5, 5.41) is 0. The molecule has 2 heterocycles. The van der Waals surface area contributed by atoms with Crippen molar-refractivity contribution in [1.29, 1.82) is 0 Å². The number of Topliss-reactive ketones (excluding diaryl/α,β-unsaturated/α-hetero) is 1. The second-order valence-corrected chi connectivity index (χ2v) is 3.76. The highest BCUT2D eigenvalue weighted by atomic mass is 79.9. The van der Waals surface area contributed by atoms with Crippen LogP contribution in [0.3, 0.4) is 0 Å². The van der Waals surface area contributed by atoms with Crippen LogP contribution in [-0.4, -0.2) is 28.8 Å². The molecular formula is C8H8BrN3O. The Kier molecular flexibility index (Phi) is 2.26. The zero-order valence-corrected chi connectivity index (χ0v) is 8.49. The predicted octanol–water partition coefficient (Wildman–Crippen LogP) is 1.02. The van der Waals surface area contributed by atoms with E-state index in [1.165, 1.54) is 6.33 Å². The van der Waals surface area contributed by atoms with Gasteiger partial charge in [0.15, 0.2) is 5.78 Å². The standard InChI is InChI=1S/C8H8BrN3O/c9-7-3-10-5-11-8(7)12-2-1-6(13)4-12/h3,5H,1-2,4H2. The molecule has 1 aliphatic rings. The Balaban J connectivity index is 2.26. The van der Waals surface area contributed by atoms with E-state index in [4.69, 9.17) is 0 Å². The average molecular weight is 242 g/mol. The minimum absolute atomic E-state index is 0.269. The van der Waals surface area contributed by atoms with Crippen molar-refractivity contribution < 1.29 is 4.79 Å². The van der Waals surface area contributed by atoms with E-state index in [9.17, 15) is 4.79 Å². The lowest BCUT2D eigenvalue weighted by atomic mass is 10.4. The van der Waals surface area contributed by atoms with E-state index in [1.54, 1.807) is 6.20 Å². The summed E-state index contributed by atoms with van der Waals surface area (Å²) in [6.45, 7) is 1.23. The van der Waals surface area contributed by atoms with Gasteiger partial charge in [0, 0.05) is 19.2 Å². The maximum atomic E-state index is 11.0. The van der Waals surface area contributed by atoms with Gasteiger partial charge in [0.1, 0.15) is 12.1 Å². The Morgan fingerprint density at radius 1 is 1.54 bits per heavy atom. The van der Waals surface area contributed by atoms with Gasteiger partial charge < -0.3 is 4.90 Å². The third-order valence-corrected chi connectivity index (χ3v) is 2.53. The van der Waals surface area contributed by atoms with Crippen LogP contribution in [0, 0.1) is 0 Å². The molecule has 0 unspecified atom stereocenters. The van der Waals surface area contributed by atoms with Crippen LogP contribution in [-0.2, 0) is 4.79 Å². The first-order chi connectivity index (χ1) is 6.27. The number of hydrogen-bond acceptors (Lipinski definition) is 4. The van der Waals surface area contributed by atoms with Crippen molar-refractivity contribution in [1.82, 2.24) is 9.97 Å². The van der Waals surface area contributed by atoms with Crippen molar-refractivity contribution in [2.45, 2.75) is 6.42 Å². The lowest BCUT2D eigenvalue weighted by Gasteiger charge is -2.15. The molecule has 0 spiro atoms. The molecule has 1 fully saturated rings. The normalized spacial score (nSPS) is 16.7. The van der Waals surface area contributed by atoms with Gasteiger partial charge in [0.05, 0.1) is 11.0 Å². The van der Waals surface area contributed by atoms with Gasteiger partial charge in [-0.15, -0.1) is 0 Å². The minimum atomic E-state index is 0.269. The van der Waals surface area contributed by atoms with Gasteiger partial charge in [-0.3, -0.25) is 4.79 Å². The second-order valence-electron chi connectivity index (χ2n) is 2.90. The molecule has 2 rings (SSSR count). The summed E-state index contributed by atoms with van der Waals surface area (Å²) in [5.74, 6) is 1.08. The van der Waals surface area contributed by atoms with Crippen molar-refractivity contribution in [2.24, 2.45) is 0 Å². The highest BCUT2D eigenvalue weighted by Gasteiger charge is 2.21. The molecule has 13 heavy (non-hydrogen) atoms. The van der Waals surface area contributed by atoms with Gasteiger partial charge in [-0.25, -0.2) is 9.97 Å². The van der Waals surface area contributed by atoms with Gasteiger partial charge in [0.25, 0.3) is 0 Å². The number of nitrogens with zero attached hydrogens (tertiary/aromatic N) is 3. The van der Waals surface area contributed by atoms with Crippen molar-refractivity contribution >= 4 is 27.5 Å². The summed E-state index contributed by atoms with van der Waals surface area (Å²) >= 11 is 3.35. The molecule has 0 amide bonds. The lowest BCUT2D eigenvalue weighted by Crippen LogP contribution is -2.21. The van der Waals surface area contributed by atoms with Crippen LogP contribution < -0.4 is 4.90 Å². The summed E-state index contributed by atoms with van der Waals surface area (Å²) < 4.78 is 0.838. The van der Waals surface area contributed by atoms with E-state index in [1.807, 2.05) is 4.90 Å². The third-order valence-electron chi connectivity index (χ3n) is 1.98. The quantitative estimate of drug-likeness (QED) is 0.737. The molecule has 5 heteroatoms. The van der Waals surface area contributed by atoms with Gasteiger partial charge in [-0.2, -0.15) is 0 Å². The van der Waals surface area contributed by atoms with E-state index >= 15 is 0 Å². The first kappa shape index (κ1) is 8.62. The zero-order chi connectivity index (χ0) is 9.26. The minimum Gasteiger partial charge on any atom is -0.348 e. The molecule has 0 aliphatic carbocycles. The molecule has 1 aliphatic heterocycles. The Morgan fingerprint density at radius 3 is 3.00 bits per heavy atom. The van der Waals surface area contributed by atoms with Crippen LogP contribution in [0.25, 0.3) is 0 Å². The van der Waals surface area contributed by atoms with Crippen LogP contribution in [0.4, 0.5) is 5.82 Å². The zero-order valence-electron chi connectivity index (χ0n) is 6.90. The van der Waals surface area contributed by atoms with Crippen LogP contribution >= 0.6 is 15.9 Å². The number of halogens is 1. The molecule has 1 aromatic heterocycles. The topological polar surface area (TPSA) is 46.1 Å². The maximum absolute atomic E-state index is 11.0. The van der Waals surface area contributed by atoms with Crippen molar-refractivity contribution in [2.75, 3.05) is 18.0 Å². The summed E-state index contributed by atoms with van der Waals surface area (Å²) in [6, 6.07) is 0. The molecule has 0 aromatic carbocycles. The monoisotopic (exact) mass is 241 g/mol. The fraction of sp³-hybridized carbons (Fsp3) is 0.375. The number of aromatic nitrogens is 2. The molecule has 0 bridgehead atoms. The number of rotatable bonds is 1. The number of ketones is 1. The molecule has 1 saturated heterocycles.